The molecule has 1 amide bonds. The molecule has 0 aromatic rings. The molecule has 1 unspecified atom stereocenters. The van der Waals surface area contributed by atoms with Gasteiger partial charge in [-0.15, -0.1) is 0 Å². The van der Waals surface area contributed by atoms with Crippen LogP contribution in [0, 0.1) is 0 Å². The number of amides is 1. The zero-order chi connectivity index (χ0) is 16.4. The fourth-order valence-corrected chi connectivity index (χ4v) is 1.50. The maximum absolute atomic E-state index is 11.5. The molecule has 0 bridgehead atoms. The molecule has 1 atom stereocenters. The Labute approximate surface area is 126 Å². The third kappa shape index (κ3) is 7.77. The van der Waals surface area contributed by atoms with Crippen LogP contribution >= 0.6 is 0 Å². The van der Waals surface area contributed by atoms with Crippen molar-refractivity contribution in [3.63, 3.8) is 0 Å². The number of carbonyl (C=O) groups is 2. The van der Waals surface area contributed by atoms with Crippen LogP contribution in [0.15, 0.2) is 49.7 Å². The topological polar surface area (TPSA) is 58.6 Å². The molecule has 0 saturated heterocycles. The fraction of sp³-hybridized carbons (Fsp3) is 0.375. The van der Waals surface area contributed by atoms with Gasteiger partial charge in [0.15, 0.2) is 0 Å². The number of hydrogen-bond acceptors (Lipinski definition) is 4. The summed E-state index contributed by atoms with van der Waals surface area (Å²) in [7, 11) is 0. The van der Waals surface area contributed by atoms with Gasteiger partial charge in [-0.25, -0.2) is 4.79 Å². The van der Waals surface area contributed by atoms with Gasteiger partial charge in [0.05, 0.1) is 6.54 Å². The van der Waals surface area contributed by atoms with Crippen molar-refractivity contribution in [3.8, 4) is 0 Å². The Morgan fingerprint density at radius 3 is 2.38 bits per heavy atom. The Bertz CT molecular complexity index is 441. The molecule has 116 valence electrons. The van der Waals surface area contributed by atoms with Crippen LogP contribution in [0.5, 0.6) is 0 Å². The van der Waals surface area contributed by atoms with Crippen LogP contribution in [-0.4, -0.2) is 42.5 Å². The van der Waals surface area contributed by atoms with Crippen molar-refractivity contribution in [3.05, 3.63) is 49.7 Å². The molecule has 0 saturated carbocycles. The summed E-state index contributed by atoms with van der Waals surface area (Å²) < 4.78 is 5.23. The molecule has 0 aliphatic carbocycles. The molecule has 1 N–H and O–H groups in total. The Morgan fingerprint density at radius 2 is 1.90 bits per heavy atom. The standard InChI is InChI=1S/C16H24N2O3/c1-7-13(5)18(10-9-17-15(19)8-2)11-14(6)21-16(20)12(3)4/h7-8,14H,1-3,5,9-11H2,4,6H3,(H,17,19). The van der Waals surface area contributed by atoms with E-state index in [1.807, 2.05) is 4.90 Å². The highest BCUT2D eigenvalue weighted by molar-refractivity contribution is 5.87. The number of allylic oxidation sites excluding steroid dienone is 1. The van der Waals surface area contributed by atoms with Crippen LogP contribution in [0.4, 0.5) is 0 Å². The largest absolute Gasteiger partial charge is 0.457 e. The van der Waals surface area contributed by atoms with Crippen molar-refractivity contribution in [2.75, 3.05) is 19.6 Å². The first kappa shape index (κ1) is 18.7. The quantitative estimate of drug-likeness (QED) is 0.379. The van der Waals surface area contributed by atoms with E-state index in [2.05, 4.69) is 31.6 Å². The van der Waals surface area contributed by atoms with Gasteiger partial charge in [0.1, 0.15) is 6.10 Å². The number of rotatable bonds is 10. The summed E-state index contributed by atoms with van der Waals surface area (Å²) in [4.78, 5) is 24.5. The summed E-state index contributed by atoms with van der Waals surface area (Å²) in [6, 6.07) is 0. The first-order chi connectivity index (χ1) is 9.81. The minimum absolute atomic E-state index is 0.235. The lowest BCUT2D eigenvalue weighted by Crippen LogP contribution is -2.38. The monoisotopic (exact) mass is 292 g/mol. The summed E-state index contributed by atoms with van der Waals surface area (Å²) >= 11 is 0. The highest BCUT2D eigenvalue weighted by atomic mass is 16.5. The van der Waals surface area contributed by atoms with Crippen molar-refractivity contribution in [1.29, 1.82) is 0 Å². The average Bonchev–Trinajstić information content (AvgIpc) is 2.44. The first-order valence-electron chi connectivity index (χ1n) is 6.64. The van der Waals surface area contributed by atoms with E-state index in [9.17, 15) is 9.59 Å². The lowest BCUT2D eigenvalue weighted by Gasteiger charge is -2.28. The molecule has 0 rings (SSSR count). The van der Waals surface area contributed by atoms with Crippen LogP contribution in [0.25, 0.3) is 0 Å². The van der Waals surface area contributed by atoms with E-state index >= 15 is 0 Å². The van der Waals surface area contributed by atoms with Gasteiger partial charge in [-0.05, 0) is 26.0 Å². The van der Waals surface area contributed by atoms with E-state index in [0.29, 0.717) is 30.9 Å². The van der Waals surface area contributed by atoms with Crippen molar-refractivity contribution in [1.82, 2.24) is 10.2 Å². The second-order valence-corrected chi connectivity index (χ2v) is 4.63. The molecule has 0 aliphatic rings. The third-order valence-electron chi connectivity index (χ3n) is 2.64. The molecule has 0 spiro atoms. The van der Waals surface area contributed by atoms with Crippen LogP contribution in [0.2, 0.25) is 0 Å². The lowest BCUT2D eigenvalue weighted by molar-refractivity contribution is -0.143. The molecular formula is C16H24N2O3. The van der Waals surface area contributed by atoms with Gasteiger partial charge in [0.25, 0.3) is 0 Å². The molecule has 5 heteroatoms. The molecule has 0 heterocycles. The predicted octanol–water partition coefficient (Wildman–Crippen LogP) is 1.80. The van der Waals surface area contributed by atoms with E-state index in [1.54, 1.807) is 19.9 Å². The molecule has 0 fully saturated rings. The molecule has 5 nitrogen and oxygen atoms in total. The van der Waals surface area contributed by atoms with E-state index in [4.69, 9.17) is 4.74 Å². The SMILES string of the molecule is C=CC(=C)N(CCNC(=O)C=C)CC(C)OC(=O)C(=C)C. The number of esters is 1. The van der Waals surface area contributed by atoms with Crippen LogP contribution in [-0.2, 0) is 14.3 Å². The average molecular weight is 292 g/mol. The summed E-state index contributed by atoms with van der Waals surface area (Å²) in [6.45, 7) is 19.3. The Hall–Kier alpha value is -2.30. The summed E-state index contributed by atoms with van der Waals surface area (Å²) in [5.41, 5.74) is 1.05. The highest BCUT2D eigenvalue weighted by Gasteiger charge is 2.15. The minimum atomic E-state index is -0.424. The number of nitrogens with one attached hydrogen (secondary N) is 1. The van der Waals surface area contributed by atoms with E-state index in [0.717, 1.165) is 0 Å². The van der Waals surface area contributed by atoms with E-state index in [1.165, 1.54) is 6.08 Å². The van der Waals surface area contributed by atoms with Gasteiger partial charge < -0.3 is 15.0 Å². The van der Waals surface area contributed by atoms with E-state index in [-0.39, 0.29) is 12.0 Å². The molecule has 0 aromatic carbocycles. The maximum Gasteiger partial charge on any atom is 0.333 e. The van der Waals surface area contributed by atoms with E-state index < -0.39 is 5.97 Å². The zero-order valence-electron chi connectivity index (χ0n) is 12.9. The zero-order valence-corrected chi connectivity index (χ0v) is 12.9. The highest BCUT2D eigenvalue weighted by Crippen LogP contribution is 2.07. The molecule has 21 heavy (non-hydrogen) atoms. The Kier molecular flexibility index (Phi) is 8.53. The molecule has 0 aliphatic heterocycles. The third-order valence-corrected chi connectivity index (χ3v) is 2.64. The molecule has 0 radical (unpaired) electrons. The summed E-state index contributed by atoms with van der Waals surface area (Å²) in [5.74, 6) is -0.660. The van der Waals surface area contributed by atoms with Crippen LogP contribution in [0.3, 0.4) is 0 Å². The van der Waals surface area contributed by atoms with Gasteiger partial charge in [0, 0.05) is 24.4 Å². The summed E-state index contributed by atoms with van der Waals surface area (Å²) in [5, 5.41) is 2.68. The second kappa shape index (κ2) is 9.58. The Morgan fingerprint density at radius 1 is 1.29 bits per heavy atom. The van der Waals surface area contributed by atoms with Crippen molar-refractivity contribution in [2.24, 2.45) is 0 Å². The number of hydrogen-bond donors (Lipinski definition) is 1. The normalized spacial score (nSPS) is 11.0. The van der Waals surface area contributed by atoms with Gasteiger partial charge in [-0.3, -0.25) is 4.79 Å². The second-order valence-electron chi connectivity index (χ2n) is 4.63. The Balaban J connectivity index is 4.48. The van der Waals surface area contributed by atoms with Crippen molar-refractivity contribution < 1.29 is 14.3 Å². The van der Waals surface area contributed by atoms with Crippen molar-refractivity contribution >= 4 is 11.9 Å². The van der Waals surface area contributed by atoms with Crippen LogP contribution in [0.1, 0.15) is 13.8 Å². The first-order valence-corrected chi connectivity index (χ1v) is 6.64. The van der Waals surface area contributed by atoms with Crippen molar-refractivity contribution in [2.45, 2.75) is 20.0 Å². The summed E-state index contributed by atoms with van der Waals surface area (Å²) in [6.07, 6.45) is 2.49. The fourth-order valence-electron chi connectivity index (χ4n) is 1.50. The number of nitrogens with zero attached hydrogens (tertiary/aromatic N) is 1. The maximum atomic E-state index is 11.5. The van der Waals surface area contributed by atoms with Gasteiger partial charge in [0.2, 0.25) is 5.91 Å². The minimum Gasteiger partial charge on any atom is -0.457 e. The van der Waals surface area contributed by atoms with Gasteiger partial charge in [-0.2, -0.15) is 0 Å². The lowest BCUT2D eigenvalue weighted by atomic mass is 10.3. The predicted molar refractivity (Wildman–Crippen MR) is 84.5 cm³/mol. The number of ether oxygens (including phenoxy) is 1. The molecular weight excluding hydrogens is 268 g/mol. The van der Waals surface area contributed by atoms with Gasteiger partial charge >= 0.3 is 5.97 Å². The molecule has 0 aromatic heterocycles. The van der Waals surface area contributed by atoms with Crippen LogP contribution < -0.4 is 5.32 Å². The van der Waals surface area contributed by atoms with Gasteiger partial charge in [-0.1, -0.05) is 26.3 Å². The number of carbonyl (C=O) groups excluding carboxylic acids is 2. The smallest absolute Gasteiger partial charge is 0.333 e.